The lowest BCUT2D eigenvalue weighted by atomic mass is 9.96. The molecule has 0 saturated carbocycles. The normalized spacial score (nSPS) is 17.3. The third-order valence-electron chi connectivity index (χ3n) is 5.42. The summed E-state index contributed by atoms with van der Waals surface area (Å²) in [7, 11) is 0. The average molecular weight is 456 g/mol. The van der Waals surface area contributed by atoms with Crippen molar-refractivity contribution in [2.24, 2.45) is 0 Å². The lowest BCUT2D eigenvalue weighted by Gasteiger charge is -2.25. The molecule has 1 unspecified atom stereocenters. The smallest absolute Gasteiger partial charge is 0.310 e. The summed E-state index contributed by atoms with van der Waals surface area (Å²) in [4.78, 5) is 43.7. The van der Waals surface area contributed by atoms with Gasteiger partial charge in [0.15, 0.2) is 0 Å². The molecule has 0 aliphatic carbocycles. The topological polar surface area (TPSA) is 96.8 Å². The van der Waals surface area contributed by atoms with Gasteiger partial charge in [-0.1, -0.05) is 48.5 Å². The van der Waals surface area contributed by atoms with E-state index in [1.165, 1.54) is 4.90 Å². The van der Waals surface area contributed by atoms with Gasteiger partial charge in [-0.15, -0.1) is 0 Å². The Kier molecular flexibility index (Phi) is 6.54. The van der Waals surface area contributed by atoms with Gasteiger partial charge in [-0.2, -0.15) is 0 Å². The number of benzene rings is 2. The summed E-state index contributed by atoms with van der Waals surface area (Å²) in [6, 6.07) is 18.0. The largest absolute Gasteiger partial charge is 0.507 e. The second kappa shape index (κ2) is 9.70. The quantitative estimate of drug-likeness (QED) is 0.258. The number of rotatable bonds is 6. The SMILES string of the molecule is CC(C)OC(=O)Cc1ccc(N2C(=O)C(=O)/C(=C(\O)c3ccccc3)C2c2cccnc2)cc1. The number of nitrogens with zero attached hydrogens (tertiary/aromatic N) is 2. The lowest BCUT2D eigenvalue weighted by molar-refractivity contribution is -0.146. The van der Waals surface area contributed by atoms with Crippen LogP contribution in [-0.2, 0) is 25.5 Å². The number of esters is 1. The number of carbonyl (C=O) groups is 3. The van der Waals surface area contributed by atoms with Gasteiger partial charge in [0, 0.05) is 23.6 Å². The van der Waals surface area contributed by atoms with Crippen LogP contribution in [0.2, 0.25) is 0 Å². The molecule has 1 aliphatic rings. The first-order valence-electron chi connectivity index (χ1n) is 10.9. The molecule has 1 fully saturated rings. The molecule has 0 radical (unpaired) electrons. The molecule has 172 valence electrons. The molecular weight excluding hydrogens is 432 g/mol. The molecule has 2 heterocycles. The zero-order valence-electron chi connectivity index (χ0n) is 18.8. The Morgan fingerprint density at radius 3 is 2.35 bits per heavy atom. The van der Waals surface area contributed by atoms with Crippen molar-refractivity contribution in [1.82, 2.24) is 4.98 Å². The van der Waals surface area contributed by atoms with Crippen molar-refractivity contribution in [3.63, 3.8) is 0 Å². The van der Waals surface area contributed by atoms with Crippen molar-refractivity contribution in [2.45, 2.75) is 32.4 Å². The molecule has 2 aromatic carbocycles. The van der Waals surface area contributed by atoms with Crippen LogP contribution < -0.4 is 4.90 Å². The van der Waals surface area contributed by atoms with Gasteiger partial charge in [-0.3, -0.25) is 24.3 Å². The molecule has 0 spiro atoms. The number of amides is 1. The van der Waals surface area contributed by atoms with E-state index in [1.807, 2.05) is 0 Å². The summed E-state index contributed by atoms with van der Waals surface area (Å²) in [5, 5.41) is 11.0. The van der Waals surface area contributed by atoms with Gasteiger partial charge in [-0.25, -0.2) is 0 Å². The Hall–Kier alpha value is -4.26. The van der Waals surface area contributed by atoms with E-state index in [1.54, 1.807) is 93.0 Å². The van der Waals surface area contributed by atoms with E-state index < -0.39 is 17.7 Å². The number of carbonyl (C=O) groups excluding carboxylic acids is 3. The van der Waals surface area contributed by atoms with E-state index in [-0.39, 0.29) is 29.8 Å². The van der Waals surface area contributed by atoms with Crippen molar-refractivity contribution in [2.75, 3.05) is 4.90 Å². The fraction of sp³-hybridized carbons (Fsp3) is 0.185. The van der Waals surface area contributed by atoms with Crippen LogP contribution in [0.15, 0.2) is 84.7 Å². The maximum atomic E-state index is 13.2. The number of hydrogen-bond donors (Lipinski definition) is 1. The Balaban J connectivity index is 1.75. The lowest BCUT2D eigenvalue weighted by Crippen LogP contribution is -2.29. The zero-order valence-corrected chi connectivity index (χ0v) is 18.8. The number of hydrogen-bond acceptors (Lipinski definition) is 6. The molecule has 1 amide bonds. The van der Waals surface area contributed by atoms with Crippen LogP contribution in [0.4, 0.5) is 5.69 Å². The maximum absolute atomic E-state index is 13.2. The van der Waals surface area contributed by atoms with Crippen molar-refractivity contribution in [3.8, 4) is 0 Å². The van der Waals surface area contributed by atoms with E-state index in [0.29, 0.717) is 22.4 Å². The van der Waals surface area contributed by atoms with Crippen LogP contribution in [0.1, 0.15) is 36.6 Å². The van der Waals surface area contributed by atoms with E-state index in [2.05, 4.69) is 4.98 Å². The standard InChI is InChI=1S/C27H24N2O5/c1-17(2)34-22(30)15-18-10-12-21(13-11-18)29-24(20-9-6-14-28-16-20)23(26(32)27(29)33)25(31)19-7-4-3-5-8-19/h3-14,16-17,24,31H,15H2,1-2H3/b25-23-. The summed E-state index contributed by atoms with van der Waals surface area (Å²) in [6.07, 6.45) is 3.05. The van der Waals surface area contributed by atoms with Gasteiger partial charge in [0.2, 0.25) is 0 Å². The van der Waals surface area contributed by atoms with Gasteiger partial charge in [0.05, 0.1) is 24.1 Å². The number of pyridine rings is 1. The zero-order chi connectivity index (χ0) is 24.2. The maximum Gasteiger partial charge on any atom is 0.310 e. The van der Waals surface area contributed by atoms with E-state index >= 15 is 0 Å². The van der Waals surface area contributed by atoms with Crippen molar-refractivity contribution in [3.05, 3.63) is 101 Å². The van der Waals surface area contributed by atoms with Gasteiger partial charge in [0.25, 0.3) is 11.7 Å². The molecule has 1 atom stereocenters. The van der Waals surface area contributed by atoms with Crippen molar-refractivity contribution >= 4 is 29.1 Å². The number of aliphatic hydroxyl groups is 1. The molecule has 7 heteroatoms. The fourth-order valence-corrected chi connectivity index (χ4v) is 3.95. The first-order chi connectivity index (χ1) is 16.4. The number of Topliss-reactive ketones (excluding diaryl/α,β-unsaturated/α-hetero) is 1. The summed E-state index contributed by atoms with van der Waals surface area (Å²) in [5.74, 6) is -2.12. The highest BCUT2D eigenvalue weighted by Crippen LogP contribution is 2.41. The Morgan fingerprint density at radius 1 is 1.03 bits per heavy atom. The molecule has 1 aliphatic heterocycles. The molecule has 4 rings (SSSR count). The highest BCUT2D eigenvalue weighted by atomic mass is 16.5. The summed E-state index contributed by atoms with van der Waals surface area (Å²) < 4.78 is 5.18. The van der Waals surface area contributed by atoms with Crippen LogP contribution in [0, 0.1) is 0 Å². The van der Waals surface area contributed by atoms with E-state index in [0.717, 1.165) is 0 Å². The Labute approximate surface area is 197 Å². The number of aromatic nitrogens is 1. The second-order valence-corrected chi connectivity index (χ2v) is 8.20. The van der Waals surface area contributed by atoms with Crippen LogP contribution in [0.3, 0.4) is 0 Å². The molecule has 34 heavy (non-hydrogen) atoms. The van der Waals surface area contributed by atoms with Gasteiger partial charge in [-0.05, 0) is 43.2 Å². The van der Waals surface area contributed by atoms with Crippen LogP contribution in [-0.4, -0.2) is 33.9 Å². The van der Waals surface area contributed by atoms with Crippen LogP contribution in [0.5, 0.6) is 0 Å². The predicted octanol–water partition coefficient (Wildman–Crippen LogP) is 4.20. The Morgan fingerprint density at radius 2 is 1.74 bits per heavy atom. The molecule has 3 aromatic rings. The van der Waals surface area contributed by atoms with Gasteiger partial charge < -0.3 is 9.84 Å². The molecule has 7 nitrogen and oxygen atoms in total. The number of aliphatic hydroxyl groups excluding tert-OH is 1. The molecule has 0 bridgehead atoms. The Bertz CT molecular complexity index is 1240. The first kappa shape index (κ1) is 22.9. The third-order valence-corrected chi connectivity index (χ3v) is 5.42. The minimum atomic E-state index is -0.856. The number of anilines is 1. The monoisotopic (exact) mass is 456 g/mol. The predicted molar refractivity (Wildman–Crippen MR) is 127 cm³/mol. The van der Waals surface area contributed by atoms with E-state index in [9.17, 15) is 19.5 Å². The fourth-order valence-electron chi connectivity index (χ4n) is 3.95. The van der Waals surface area contributed by atoms with Crippen molar-refractivity contribution in [1.29, 1.82) is 0 Å². The highest BCUT2D eigenvalue weighted by Gasteiger charge is 2.47. The highest BCUT2D eigenvalue weighted by molar-refractivity contribution is 6.51. The second-order valence-electron chi connectivity index (χ2n) is 8.20. The van der Waals surface area contributed by atoms with Gasteiger partial charge in [0.1, 0.15) is 5.76 Å². The van der Waals surface area contributed by atoms with Crippen LogP contribution in [0.25, 0.3) is 5.76 Å². The first-order valence-corrected chi connectivity index (χ1v) is 10.9. The summed E-state index contributed by atoms with van der Waals surface area (Å²) in [5.41, 5.74) is 2.20. The summed E-state index contributed by atoms with van der Waals surface area (Å²) >= 11 is 0. The molecule has 1 N–H and O–H groups in total. The summed E-state index contributed by atoms with van der Waals surface area (Å²) in [6.45, 7) is 3.57. The van der Waals surface area contributed by atoms with Gasteiger partial charge >= 0.3 is 5.97 Å². The number of ether oxygens (including phenoxy) is 1. The van der Waals surface area contributed by atoms with E-state index in [4.69, 9.17) is 4.74 Å². The van der Waals surface area contributed by atoms with Crippen molar-refractivity contribution < 1.29 is 24.2 Å². The molecule has 1 saturated heterocycles. The molecule has 1 aromatic heterocycles. The minimum absolute atomic E-state index is 0.00575. The third kappa shape index (κ3) is 4.59. The minimum Gasteiger partial charge on any atom is -0.507 e. The molecular formula is C27H24N2O5. The van der Waals surface area contributed by atoms with Crippen LogP contribution >= 0.6 is 0 Å². The average Bonchev–Trinajstić information content (AvgIpc) is 3.10. The number of ketones is 1.